The Hall–Kier alpha value is -1.39. The van der Waals surface area contributed by atoms with Crippen LogP contribution in [-0.2, 0) is 16.0 Å². The van der Waals surface area contributed by atoms with E-state index in [1.165, 1.54) is 7.11 Å². The first-order valence-corrected chi connectivity index (χ1v) is 5.26. The minimum Gasteiger partial charge on any atom is -0.390 e. The summed E-state index contributed by atoms with van der Waals surface area (Å²) in [5.74, 6) is -0.205. The van der Waals surface area contributed by atoms with Crippen LogP contribution in [0.5, 0.6) is 0 Å². The number of rotatable bonds is 3. The van der Waals surface area contributed by atoms with Gasteiger partial charge in [0.1, 0.15) is 6.61 Å². The van der Waals surface area contributed by atoms with Crippen molar-refractivity contribution in [2.24, 2.45) is 0 Å². The SMILES string of the molecule is COCC(=O)NC1c2ccccc2CC1O. The third kappa shape index (κ3) is 2.08. The van der Waals surface area contributed by atoms with E-state index in [0.717, 1.165) is 11.1 Å². The van der Waals surface area contributed by atoms with Gasteiger partial charge in [0.25, 0.3) is 0 Å². The first kappa shape index (κ1) is 11.1. The predicted molar refractivity (Wildman–Crippen MR) is 58.9 cm³/mol. The van der Waals surface area contributed by atoms with Crippen LogP contribution in [0.1, 0.15) is 17.2 Å². The van der Waals surface area contributed by atoms with Crippen molar-refractivity contribution < 1.29 is 14.6 Å². The topological polar surface area (TPSA) is 58.6 Å². The first-order valence-electron chi connectivity index (χ1n) is 5.26. The predicted octanol–water partition coefficient (Wildman–Crippen LogP) is 0.407. The zero-order valence-corrected chi connectivity index (χ0v) is 9.14. The summed E-state index contributed by atoms with van der Waals surface area (Å²) < 4.78 is 4.74. The summed E-state index contributed by atoms with van der Waals surface area (Å²) in [6.07, 6.45) is 0.0480. The van der Waals surface area contributed by atoms with E-state index in [2.05, 4.69) is 5.32 Å². The van der Waals surface area contributed by atoms with Gasteiger partial charge in [0.15, 0.2) is 0 Å². The Morgan fingerprint density at radius 3 is 3.06 bits per heavy atom. The van der Waals surface area contributed by atoms with Crippen molar-refractivity contribution in [3.63, 3.8) is 0 Å². The fourth-order valence-corrected chi connectivity index (χ4v) is 2.09. The largest absolute Gasteiger partial charge is 0.390 e. The number of nitrogens with one attached hydrogen (secondary N) is 1. The zero-order chi connectivity index (χ0) is 11.5. The number of carbonyl (C=O) groups is 1. The maximum Gasteiger partial charge on any atom is 0.246 e. The molecule has 4 heteroatoms. The minimum absolute atomic E-state index is 0.0192. The van der Waals surface area contributed by atoms with Crippen LogP contribution in [0.4, 0.5) is 0 Å². The third-order valence-electron chi connectivity index (χ3n) is 2.80. The zero-order valence-electron chi connectivity index (χ0n) is 9.14. The molecule has 2 atom stereocenters. The molecule has 2 N–H and O–H groups in total. The molecule has 0 aromatic heterocycles. The van der Waals surface area contributed by atoms with Gasteiger partial charge in [0.05, 0.1) is 12.1 Å². The highest BCUT2D eigenvalue weighted by Gasteiger charge is 2.31. The average Bonchev–Trinajstić information content (AvgIpc) is 2.56. The number of ether oxygens (including phenoxy) is 1. The monoisotopic (exact) mass is 221 g/mol. The lowest BCUT2D eigenvalue weighted by Gasteiger charge is -2.17. The number of benzene rings is 1. The van der Waals surface area contributed by atoms with E-state index in [-0.39, 0.29) is 18.6 Å². The van der Waals surface area contributed by atoms with Gasteiger partial charge in [-0.25, -0.2) is 0 Å². The van der Waals surface area contributed by atoms with Gasteiger partial charge >= 0.3 is 0 Å². The summed E-state index contributed by atoms with van der Waals surface area (Å²) in [5, 5.41) is 12.6. The molecule has 1 amide bonds. The first-order chi connectivity index (χ1) is 7.72. The maximum atomic E-state index is 11.4. The molecule has 86 valence electrons. The molecule has 1 aromatic rings. The highest BCUT2D eigenvalue weighted by molar-refractivity contribution is 5.78. The van der Waals surface area contributed by atoms with Crippen LogP contribution in [0.25, 0.3) is 0 Å². The van der Waals surface area contributed by atoms with Gasteiger partial charge in [-0.05, 0) is 11.1 Å². The van der Waals surface area contributed by atoms with Crippen LogP contribution in [0.2, 0.25) is 0 Å². The Kier molecular flexibility index (Phi) is 3.22. The highest BCUT2D eigenvalue weighted by Crippen LogP contribution is 2.30. The molecular formula is C12H15NO3. The van der Waals surface area contributed by atoms with E-state index in [9.17, 15) is 9.90 Å². The second-order valence-electron chi connectivity index (χ2n) is 3.95. The lowest BCUT2D eigenvalue weighted by Crippen LogP contribution is -2.35. The molecule has 0 saturated carbocycles. The number of carbonyl (C=O) groups excluding carboxylic acids is 1. The summed E-state index contributed by atoms with van der Waals surface area (Å²) in [4.78, 5) is 11.4. The standard InChI is InChI=1S/C12H15NO3/c1-16-7-11(15)13-12-9-5-3-2-4-8(9)6-10(12)14/h2-5,10,12,14H,6-7H2,1H3,(H,13,15). The lowest BCUT2D eigenvalue weighted by atomic mass is 10.1. The Bertz CT molecular complexity index is 392. The van der Waals surface area contributed by atoms with Crippen molar-refractivity contribution in [2.45, 2.75) is 18.6 Å². The van der Waals surface area contributed by atoms with Crippen LogP contribution >= 0.6 is 0 Å². The van der Waals surface area contributed by atoms with Gasteiger partial charge in [0.2, 0.25) is 5.91 Å². The summed E-state index contributed by atoms with van der Waals surface area (Å²) in [7, 11) is 1.47. The van der Waals surface area contributed by atoms with E-state index in [0.29, 0.717) is 6.42 Å². The number of fused-ring (bicyclic) bond motifs is 1. The van der Waals surface area contributed by atoms with Gasteiger partial charge in [-0.3, -0.25) is 4.79 Å². The average molecular weight is 221 g/mol. The number of amides is 1. The van der Waals surface area contributed by atoms with E-state index in [1.807, 2.05) is 24.3 Å². The molecule has 1 aliphatic carbocycles. The van der Waals surface area contributed by atoms with Crippen molar-refractivity contribution in [2.75, 3.05) is 13.7 Å². The quantitative estimate of drug-likeness (QED) is 0.777. The number of methoxy groups -OCH3 is 1. The van der Waals surface area contributed by atoms with Gasteiger partial charge < -0.3 is 15.2 Å². The number of aliphatic hydroxyl groups is 1. The molecule has 1 aliphatic rings. The van der Waals surface area contributed by atoms with E-state index in [1.54, 1.807) is 0 Å². The van der Waals surface area contributed by atoms with Crippen molar-refractivity contribution in [1.29, 1.82) is 0 Å². The van der Waals surface area contributed by atoms with Crippen LogP contribution in [0, 0.1) is 0 Å². The van der Waals surface area contributed by atoms with Gasteiger partial charge in [-0.15, -0.1) is 0 Å². The molecule has 1 aromatic carbocycles. The van der Waals surface area contributed by atoms with Crippen LogP contribution < -0.4 is 5.32 Å². The Morgan fingerprint density at radius 1 is 1.56 bits per heavy atom. The maximum absolute atomic E-state index is 11.4. The fourth-order valence-electron chi connectivity index (χ4n) is 2.09. The Labute approximate surface area is 94.2 Å². The molecule has 2 unspecified atom stereocenters. The summed E-state index contributed by atoms with van der Waals surface area (Å²) in [5.41, 5.74) is 2.09. The van der Waals surface area contributed by atoms with Crippen molar-refractivity contribution in [1.82, 2.24) is 5.32 Å². The molecule has 4 nitrogen and oxygen atoms in total. The normalized spacial score (nSPS) is 22.9. The van der Waals surface area contributed by atoms with E-state index in [4.69, 9.17) is 4.74 Å². The summed E-state index contributed by atoms with van der Waals surface area (Å²) in [6, 6.07) is 7.44. The molecule has 0 heterocycles. The number of aliphatic hydroxyl groups excluding tert-OH is 1. The minimum atomic E-state index is -0.543. The Morgan fingerprint density at radius 2 is 2.31 bits per heavy atom. The van der Waals surface area contributed by atoms with Crippen LogP contribution in [-0.4, -0.2) is 30.8 Å². The van der Waals surface area contributed by atoms with Crippen molar-refractivity contribution in [3.8, 4) is 0 Å². The molecule has 0 radical (unpaired) electrons. The van der Waals surface area contributed by atoms with Gasteiger partial charge in [-0.1, -0.05) is 24.3 Å². The van der Waals surface area contributed by atoms with Crippen LogP contribution in [0.15, 0.2) is 24.3 Å². The van der Waals surface area contributed by atoms with Crippen LogP contribution in [0.3, 0.4) is 0 Å². The van der Waals surface area contributed by atoms with E-state index < -0.39 is 6.10 Å². The number of hydrogen-bond donors (Lipinski definition) is 2. The molecule has 0 aliphatic heterocycles. The smallest absolute Gasteiger partial charge is 0.246 e. The van der Waals surface area contributed by atoms with Crippen molar-refractivity contribution >= 4 is 5.91 Å². The molecular weight excluding hydrogens is 206 g/mol. The molecule has 0 bridgehead atoms. The van der Waals surface area contributed by atoms with Gasteiger partial charge in [0, 0.05) is 13.5 Å². The van der Waals surface area contributed by atoms with Gasteiger partial charge in [-0.2, -0.15) is 0 Å². The summed E-state index contributed by atoms with van der Waals surface area (Å²) >= 11 is 0. The molecule has 0 fully saturated rings. The third-order valence-corrected chi connectivity index (χ3v) is 2.80. The molecule has 0 spiro atoms. The summed E-state index contributed by atoms with van der Waals surface area (Å²) in [6.45, 7) is 0.0192. The highest BCUT2D eigenvalue weighted by atomic mass is 16.5. The number of hydrogen-bond acceptors (Lipinski definition) is 3. The second-order valence-corrected chi connectivity index (χ2v) is 3.95. The molecule has 2 rings (SSSR count). The van der Waals surface area contributed by atoms with Crippen molar-refractivity contribution in [3.05, 3.63) is 35.4 Å². The molecule has 16 heavy (non-hydrogen) atoms. The Balaban J connectivity index is 2.13. The van der Waals surface area contributed by atoms with E-state index >= 15 is 0 Å². The second kappa shape index (κ2) is 4.63. The lowest BCUT2D eigenvalue weighted by molar-refractivity contribution is -0.126. The molecule has 0 saturated heterocycles. The fraction of sp³-hybridized carbons (Fsp3) is 0.417.